The molecule has 0 unspecified atom stereocenters. The van der Waals surface area contributed by atoms with Crippen molar-refractivity contribution in [2.75, 3.05) is 14.2 Å². The van der Waals surface area contributed by atoms with Crippen LogP contribution in [0.15, 0.2) is 6.07 Å². The van der Waals surface area contributed by atoms with Crippen molar-refractivity contribution in [3.05, 3.63) is 22.5 Å². The molecule has 5 heteroatoms. The highest BCUT2D eigenvalue weighted by Gasteiger charge is 2.25. The summed E-state index contributed by atoms with van der Waals surface area (Å²) in [7, 11) is 2.86. The number of halogens is 2. The van der Waals surface area contributed by atoms with Crippen LogP contribution in [0.3, 0.4) is 0 Å². The van der Waals surface area contributed by atoms with E-state index in [1.807, 2.05) is 0 Å². The largest absolute Gasteiger partial charge is 0.493 e. The minimum Gasteiger partial charge on any atom is -0.493 e. The maximum absolute atomic E-state index is 13.9. The monoisotopic (exact) mass is 247 g/mol. The molecule has 0 radical (unpaired) electrons. The van der Waals surface area contributed by atoms with Gasteiger partial charge in [-0.1, -0.05) is 11.6 Å². The number of hydrogen-bond donors (Lipinski definition) is 1. The Kier molecular flexibility index (Phi) is 3.65. The summed E-state index contributed by atoms with van der Waals surface area (Å²) >= 11 is 5.85. The van der Waals surface area contributed by atoms with E-state index in [-0.39, 0.29) is 16.3 Å². The van der Waals surface area contributed by atoms with E-state index >= 15 is 0 Å². The third-order valence-electron chi connectivity index (χ3n) is 2.25. The zero-order valence-corrected chi connectivity index (χ0v) is 10.5. The molecule has 0 atom stereocenters. The van der Waals surface area contributed by atoms with Gasteiger partial charge >= 0.3 is 0 Å². The second-order valence-corrected chi connectivity index (χ2v) is 4.39. The summed E-state index contributed by atoms with van der Waals surface area (Å²) in [6.07, 6.45) is 0. The molecule has 0 aliphatic rings. The molecule has 0 aliphatic heterocycles. The molecule has 1 rings (SSSR count). The minimum atomic E-state index is -0.840. The highest BCUT2D eigenvalue weighted by molar-refractivity contribution is 6.32. The van der Waals surface area contributed by atoms with Crippen LogP contribution in [0.5, 0.6) is 11.5 Å². The lowest BCUT2D eigenvalue weighted by molar-refractivity contribution is 0.349. The van der Waals surface area contributed by atoms with Crippen LogP contribution >= 0.6 is 11.6 Å². The van der Waals surface area contributed by atoms with Gasteiger partial charge < -0.3 is 15.2 Å². The summed E-state index contributed by atoms with van der Waals surface area (Å²) in [5, 5.41) is -0.115. The molecule has 0 amide bonds. The Hall–Kier alpha value is -1.00. The second kappa shape index (κ2) is 4.47. The molecule has 0 saturated carbocycles. The second-order valence-electron chi connectivity index (χ2n) is 4.01. The summed E-state index contributed by atoms with van der Waals surface area (Å²) in [4.78, 5) is 0. The lowest BCUT2D eigenvalue weighted by atomic mass is 9.94. The number of benzene rings is 1. The molecule has 90 valence electrons. The summed E-state index contributed by atoms with van der Waals surface area (Å²) in [5.74, 6) is -0.0380. The highest BCUT2D eigenvalue weighted by Crippen LogP contribution is 2.40. The third-order valence-corrected chi connectivity index (χ3v) is 2.58. The molecule has 3 nitrogen and oxygen atoms in total. The average molecular weight is 248 g/mol. The van der Waals surface area contributed by atoms with E-state index in [9.17, 15) is 4.39 Å². The fraction of sp³-hybridized carbons (Fsp3) is 0.455. The van der Waals surface area contributed by atoms with Gasteiger partial charge in [-0.05, 0) is 19.9 Å². The Morgan fingerprint density at radius 2 is 1.88 bits per heavy atom. The van der Waals surface area contributed by atoms with E-state index in [0.717, 1.165) is 0 Å². The summed E-state index contributed by atoms with van der Waals surface area (Å²) in [6, 6.07) is 1.50. The lowest BCUT2D eigenvalue weighted by Crippen LogP contribution is -2.30. The van der Waals surface area contributed by atoms with Gasteiger partial charge in [-0.15, -0.1) is 0 Å². The van der Waals surface area contributed by atoms with Gasteiger partial charge in [0, 0.05) is 11.1 Å². The van der Waals surface area contributed by atoms with Crippen molar-refractivity contribution < 1.29 is 13.9 Å². The molecule has 1 aromatic carbocycles. The molecule has 0 spiro atoms. The Bertz CT molecular complexity index is 402. The topological polar surface area (TPSA) is 44.5 Å². The molecule has 0 aromatic heterocycles. The van der Waals surface area contributed by atoms with Crippen LogP contribution in [0.2, 0.25) is 5.02 Å². The highest BCUT2D eigenvalue weighted by atomic mass is 35.5. The van der Waals surface area contributed by atoms with Crippen LogP contribution in [0.4, 0.5) is 4.39 Å². The SMILES string of the molecule is COc1cc(C(C)(C)N)c(F)c(Cl)c1OC. The van der Waals surface area contributed by atoms with Gasteiger partial charge in [0.25, 0.3) is 0 Å². The van der Waals surface area contributed by atoms with Crippen LogP contribution in [-0.4, -0.2) is 14.2 Å². The molecule has 16 heavy (non-hydrogen) atoms. The molecular formula is C11H15ClFNO2. The summed E-state index contributed by atoms with van der Waals surface area (Å²) in [6.45, 7) is 3.38. The van der Waals surface area contributed by atoms with Crippen LogP contribution < -0.4 is 15.2 Å². The van der Waals surface area contributed by atoms with Crippen molar-refractivity contribution in [1.82, 2.24) is 0 Å². The predicted molar refractivity (Wildman–Crippen MR) is 61.7 cm³/mol. The maximum Gasteiger partial charge on any atom is 0.182 e. The van der Waals surface area contributed by atoms with Crippen molar-refractivity contribution in [3.8, 4) is 11.5 Å². The predicted octanol–water partition coefficient (Wildman–Crippen LogP) is 2.69. The fourth-order valence-electron chi connectivity index (χ4n) is 1.40. The van der Waals surface area contributed by atoms with Crippen LogP contribution in [0, 0.1) is 5.82 Å². The molecule has 0 saturated heterocycles. The number of methoxy groups -OCH3 is 2. The van der Waals surface area contributed by atoms with Gasteiger partial charge in [-0.3, -0.25) is 0 Å². The number of ether oxygens (including phenoxy) is 2. The summed E-state index contributed by atoms with van der Waals surface area (Å²) in [5.41, 5.74) is 5.29. The third kappa shape index (κ3) is 2.23. The zero-order chi connectivity index (χ0) is 12.5. The van der Waals surface area contributed by atoms with Crippen molar-refractivity contribution in [3.63, 3.8) is 0 Å². The molecule has 1 aromatic rings. The maximum atomic E-state index is 13.9. The summed E-state index contributed by atoms with van der Waals surface area (Å²) < 4.78 is 24.0. The van der Waals surface area contributed by atoms with Crippen LogP contribution in [-0.2, 0) is 5.54 Å². The Labute approximate surface area is 99.3 Å². The molecule has 0 aliphatic carbocycles. The van der Waals surface area contributed by atoms with Crippen LogP contribution in [0.1, 0.15) is 19.4 Å². The molecule has 0 fully saturated rings. The van der Waals surface area contributed by atoms with E-state index in [4.69, 9.17) is 26.8 Å². The molecule has 0 heterocycles. The van der Waals surface area contributed by atoms with Gasteiger partial charge in [0.2, 0.25) is 0 Å². The van der Waals surface area contributed by atoms with Gasteiger partial charge in [0.05, 0.1) is 14.2 Å². The number of nitrogens with two attached hydrogens (primary N) is 1. The Balaban J connectivity index is 3.51. The van der Waals surface area contributed by atoms with E-state index < -0.39 is 11.4 Å². The van der Waals surface area contributed by atoms with E-state index in [1.54, 1.807) is 13.8 Å². The van der Waals surface area contributed by atoms with Gasteiger partial charge in [0.15, 0.2) is 17.3 Å². The quantitative estimate of drug-likeness (QED) is 0.893. The molecular weight excluding hydrogens is 233 g/mol. The lowest BCUT2D eigenvalue weighted by Gasteiger charge is -2.22. The first-order valence-corrected chi connectivity index (χ1v) is 5.10. The number of rotatable bonds is 3. The number of hydrogen-bond acceptors (Lipinski definition) is 3. The first kappa shape index (κ1) is 13.1. The molecule has 2 N–H and O–H groups in total. The molecule has 0 bridgehead atoms. The smallest absolute Gasteiger partial charge is 0.182 e. The first-order valence-electron chi connectivity index (χ1n) is 4.72. The van der Waals surface area contributed by atoms with E-state index in [2.05, 4.69) is 0 Å². The van der Waals surface area contributed by atoms with Gasteiger partial charge in [-0.25, -0.2) is 4.39 Å². The van der Waals surface area contributed by atoms with Crippen LogP contribution in [0.25, 0.3) is 0 Å². The minimum absolute atomic E-state index is 0.115. The first-order chi connectivity index (χ1) is 7.32. The van der Waals surface area contributed by atoms with E-state index in [1.165, 1.54) is 20.3 Å². The fourth-order valence-corrected chi connectivity index (χ4v) is 1.67. The van der Waals surface area contributed by atoms with E-state index in [0.29, 0.717) is 5.75 Å². The van der Waals surface area contributed by atoms with Gasteiger partial charge in [0.1, 0.15) is 5.02 Å². The zero-order valence-electron chi connectivity index (χ0n) is 9.73. The van der Waals surface area contributed by atoms with Crippen molar-refractivity contribution in [1.29, 1.82) is 0 Å². The average Bonchev–Trinajstić information content (AvgIpc) is 2.19. The van der Waals surface area contributed by atoms with Gasteiger partial charge in [-0.2, -0.15) is 0 Å². The van der Waals surface area contributed by atoms with Crippen molar-refractivity contribution >= 4 is 11.6 Å². The van der Waals surface area contributed by atoms with Crippen molar-refractivity contribution in [2.24, 2.45) is 5.73 Å². The normalized spacial score (nSPS) is 11.4. The Morgan fingerprint density at radius 1 is 1.31 bits per heavy atom. The Morgan fingerprint density at radius 3 is 2.25 bits per heavy atom. The van der Waals surface area contributed by atoms with Crippen molar-refractivity contribution in [2.45, 2.75) is 19.4 Å². The standard InChI is InChI=1S/C11H15ClFNO2/c1-11(2,14)6-5-7(15-3)10(16-4)8(12)9(6)13/h5H,14H2,1-4H3.